The van der Waals surface area contributed by atoms with Gasteiger partial charge in [0.1, 0.15) is 6.10 Å². The molecule has 0 aromatic rings. The lowest BCUT2D eigenvalue weighted by atomic mass is 10.0. The highest BCUT2D eigenvalue weighted by atomic mass is 35.5. The lowest BCUT2D eigenvalue weighted by molar-refractivity contribution is -0.132. The van der Waals surface area contributed by atoms with Crippen LogP contribution in [0.15, 0.2) is 0 Å². The van der Waals surface area contributed by atoms with E-state index in [0.29, 0.717) is 12.5 Å². The van der Waals surface area contributed by atoms with Crippen molar-refractivity contribution in [1.82, 2.24) is 5.32 Å². The molecule has 2 fully saturated rings. The van der Waals surface area contributed by atoms with Crippen molar-refractivity contribution in [2.75, 3.05) is 6.61 Å². The molecule has 15 heavy (non-hydrogen) atoms. The van der Waals surface area contributed by atoms with Crippen LogP contribution in [0.2, 0.25) is 0 Å². The molecule has 86 valence electrons. The van der Waals surface area contributed by atoms with Gasteiger partial charge in [0.2, 0.25) is 5.91 Å². The molecular weight excluding hydrogens is 214 g/mol. The summed E-state index contributed by atoms with van der Waals surface area (Å²) in [5, 5.41) is 3.11. The molecule has 1 saturated carbocycles. The average molecular weight is 232 g/mol. The van der Waals surface area contributed by atoms with Gasteiger partial charge in [0.25, 0.3) is 0 Å². The molecule has 0 spiro atoms. The Labute approximate surface area is 95.5 Å². The van der Waals surface area contributed by atoms with Crippen LogP contribution in [0.25, 0.3) is 0 Å². The maximum atomic E-state index is 11.9. The Kier molecular flexibility index (Phi) is 3.52. The third-order valence-corrected chi connectivity index (χ3v) is 3.93. The molecule has 2 aliphatic rings. The summed E-state index contributed by atoms with van der Waals surface area (Å²) in [5.41, 5.74) is 0. The molecule has 4 heteroatoms. The van der Waals surface area contributed by atoms with Crippen molar-refractivity contribution in [3.63, 3.8) is 0 Å². The molecular formula is C11H18ClNO2. The second-order valence-corrected chi connectivity index (χ2v) is 5.18. The maximum Gasteiger partial charge on any atom is 0.249 e. The third-order valence-electron chi connectivity index (χ3n) is 3.41. The monoisotopic (exact) mass is 231 g/mol. The van der Waals surface area contributed by atoms with Gasteiger partial charge in [-0.15, -0.1) is 11.6 Å². The van der Waals surface area contributed by atoms with Gasteiger partial charge in [0.15, 0.2) is 0 Å². The maximum absolute atomic E-state index is 11.9. The Hall–Kier alpha value is -0.280. The predicted octanol–water partition coefficient (Wildman–Crippen LogP) is 1.69. The van der Waals surface area contributed by atoms with Gasteiger partial charge >= 0.3 is 0 Å². The summed E-state index contributed by atoms with van der Waals surface area (Å²) in [6.07, 6.45) is 3.84. The average Bonchev–Trinajstić information content (AvgIpc) is 2.76. The minimum Gasteiger partial charge on any atom is -0.368 e. The van der Waals surface area contributed by atoms with Gasteiger partial charge in [0, 0.05) is 12.6 Å². The predicted molar refractivity (Wildman–Crippen MR) is 58.9 cm³/mol. The smallest absolute Gasteiger partial charge is 0.249 e. The van der Waals surface area contributed by atoms with E-state index in [1.165, 1.54) is 0 Å². The number of ether oxygens (including phenoxy) is 1. The summed E-state index contributed by atoms with van der Waals surface area (Å²) in [4.78, 5) is 11.9. The number of rotatable bonds is 2. The van der Waals surface area contributed by atoms with E-state index in [4.69, 9.17) is 16.3 Å². The van der Waals surface area contributed by atoms with E-state index < -0.39 is 0 Å². The number of alkyl halides is 1. The van der Waals surface area contributed by atoms with E-state index in [9.17, 15) is 4.79 Å². The molecule has 2 rings (SSSR count). The molecule has 1 amide bonds. The van der Waals surface area contributed by atoms with Crippen LogP contribution in [0, 0.1) is 5.92 Å². The van der Waals surface area contributed by atoms with E-state index >= 15 is 0 Å². The van der Waals surface area contributed by atoms with Gasteiger partial charge in [-0.25, -0.2) is 0 Å². The first-order chi connectivity index (χ1) is 7.18. The van der Waals surface area contributed by atoms with Crippen molar-refractivity contribution >= 4 is 17.5 Å². The van der Waals surface area contributed by atoms with Gasteiger partial charge in [-0.1, -0.05) is 6.92 Å². The van der Waals surface area contributed by atoms with Crippen LogP contribution >= 0.6 is 11.6 Å². The number of halogens is 1. The molecule has 0 aromatic heterocycles. The SMILES string of the molecule is CC1CCOC1C(=O)NC1CCCC1Cl. The van der Waals surface area contributed by atoms with Crippen molar-refractivity contribution in [2.45, 2.75) is 50.1 Å². The van der Waals surface area contributed by atoms with Gasteiger partial charge in [-0.2, -0.15) is 0 Å². The lowest BCUT2D eigenvalue weighted by Crippen LogP contribution is -2.44. The van der Waals surface area contributed by atoms with E-state index in [1.54, 1.807) is 0 Å². The quantitative estimate of drug-likeness (QED) is 0.735. The second-order valence-electron chi connectivity index (χ2n) is 4.62. The van der Waals surface area contributed by atoms with Crippen LogP contribution < -0.4 is 5.32 Å². The fourth-order valence-corrected chi connectivity index (χ4v) is 2.72. The number of nitrogens with one attached hydrogen (secondary N) is 1. The van der Waals surface area contributed by atoms with Crippen molar-refractivity contribution < 1.29 is 9.53 Å². The summed E-state index contributed by atoms with van der Waals surface area (Å²) < 4.78 is 5.42. The fraction of sp³-hybridized carbons (Fsp3) is 0.909. The zero-order valence-electron chi connectivity index (χ0n) is 9.04. The minimum atomic E-state index is -0.255. The summed E-state index contributed by atoms with van der Waals surface area (Å²) >= 11 is 6.11. The zero-order valence-corrected chi connectivity index (χ0v) is 9.80. The van der Waals surface area contributed by atoms with Crippen LogP contribution in [-0.2, 0) is 9.53 Å². The molecule has 0 radical (unpaired) electrons. The summed E-state index contributed by atoms with van der Waals surface area (Å²) in [6, 6.07) is 0.149. The molecule has 1 heterocycles. The van der Waals surface area contributed by atoms with Gasteiger partial charge in [0.05, 0.1) is 5.38 Å². The number of hydrogen-bond acceptors (Lipinski definition) is 2. The highest BCUT2D eigenvalue weighted by molar-refractivity contribution is 6.21. The zero-order chi connectivity index (χ0) is 10.8. The first-order valence-electron chi connectivity index (χ1n) is 5.74. The Morgan fingerprint density at radius 1 is 1.40 bits per heavy atom. The lowest BCUT2D eigenvalue weighted by Gasteiger charge is -2.20. The van der Waals surface area contributed by atoms with E-state index in [0.717, 1.165) is 25.7 Å². The van der Waals surface area contributed by atoms with Crippen LogP contribution in [0.5, 0.6) is 0 Å². The number of hydrogen-bond donors (Lipinski definition) is 1. The van der Waals surface area contributed by atoms with Crippen LogP contribution in [0.1, 0.15) is 32.6 Å². The number of carbonyl (C=O) groups is 1. The van der Waals surface area contributed by atoms with Crippen molar-refractivity contribution in [3.8, 4) is 0 Å². The summed E-state index contributed by atoms with van der Waals surface area (Å²) in [5.74, 6) is 0.359. The largest absolute Gasteiger partial charge is 0.368 e. The van der Waals surface area contributed by atoms with Crippen LogP contribution in [0.4, 0.5) is 0 Å². The van der Waals surface area contributed by atoms with Crippen molar-refractivity contribution in [3.05, 3.63) is 0 Å². The van der Waals surface area contributed by atoms with Crippen molar-refractivity contribution in [1.29, 1.82) is 0 Å². The Morgan fingerprint density at radius 3 is 2.73 bits per heavy atom. The summed E-state index contributed by atoms with van der Waals surface area (Å²) in [7, 11) is 0. The van der Waals surface area contributed by atoms with Gasteiger partial charge < -0.3 is 10.1 Å². The standard InChI is InChI=1S/C11H18ClNO2/c1-7-5-6-15-10(7)11(14)13-9-4-2-3-8(9)12/h7-10H,2-6H2,1H3,(H,13,14). The molecule has 3 nitrogen and oxygen atoms in total. The molecule has 4 atom stereocenters. The minimum absolute atomic E-state index is 0.0255. The molecule has 0 aromatic carbocycles. The topological polar surface area (TPSA) is 38.3 Å². The normalized spacial score (nSPS) is 40.7. The Morgan fingerprint density at radius 2 is 2.20 bits per heavy atom. The highest BCUT2D eigenvalue weighted by Crippen LogP contribution is 2.25. The molecule has 4 unspecified atom stereocenters. The van der Waals surface area contributed by atoms with Gasteiger partial charge in [-0.3, -0.25) is 4.79 Å². The molecule has 1 saturated heterocycles. The second kappa shape index (κ2) is 4.71. The van der Waals surface area contributed by atoms with E-state index in [1.807, 2.05) is 0 Å². The molecule has 1 N–H and O–H groups in total. The number of carbonyl (C=O) groups excluding carboxylic acids is 1. The first kappa shape index (κ1) is 11.2. The highest BCUT2D eigenvalue weighted by Gasteiger charge is 2.34. The Balaban J connectivity index is 1.86. The first-order valence-corrected chi connectivity index (χ1v) is 6.18. The van der Waals surface area contributed by atoms with E-state index in [-0.39, 0.29) is 23.4 Å². The van der Waals surface area contributed by atoms with Crippen molar-refractivity contribution in [2.24, 2.45) is 5.92 Å². The van der Waals surface area contributed by atoms with E-state index in [2.05, 4.69) is 12.2 Å². The summed E-state index contributed by atoms with van der Waals surface area (Å²) in [6.45, 7) is 2.76. The number of amides is 1. The van der Waals surface area contributed by atoms with Crippen LogP contribution in [-0.4, -0.2) is 30.0 Å². The molecule has 1 aliphatic heterocycles. The van der Waals surface area contributed by atoms with Gasteiger partial charge in [-0.05, 0) is 31.6 Å². The Bertz CT molecular complexity index is 247. The third kappa shape index (κ3) is 2.45. The van der Waals surface area contributed by atoms with Crippen LogP contribution in [0.3, 0.4) is 0 Å². The molecule has 1 aliphatic carbocycles. The fourth-order valence-electron chi connectivity index (χ4n) is 2.37. The molecule has 0 bridgehead atoms.